The molecule has 0 spiro atoms. The van der Waals surface area contributed by atoms with Gasteiger partial charge in [0.25, 0.3) is 0 Å². The van der Waals surface area contributed by atoms with E-state index in [1.807, 2.05) is 18.2 Å². The highest BCUT2D eigenvalue weighted by molar-refractivity contribution is 9.12. The van der Waals surface area contributed by atoms with Gasteiger partial charge in [-0.05, 0) is 19.9 Å². The molecule has 1 aliphatic heterocycles. The summed E-state index contributed by atoms with van der Waals surface area (Å²) in [4.78, 5) is 0.590. The Morgan fingerprint density at radius 2 is 1.86 bits per heavy atom. The quantitative estimate of drug-likeness (QED) is 0.655. The Balaban J connectivity index is 2.48. The first-order valence-corrected chi connectivity index (χ1v) is 6.41. The number of hydrogen-bond acceptors (Lipinski definition) is 1. The van der Waals surface area contributed by atoms with Crippen LogP contribution in [-0.2, 0) is 0 Å². The Morgan fingerprint density at radius 3 is 2.57 bits per heavy atom. The molecule has 1 heterocycles. The molecule has 76 valence electrons. The van der Waals surface area contributed by atoms with Gasteiger partial charge in [-0.1, -0.05) is 50.1 Å². The van der Waals surface area contributed by atoms with Gasteiger partial charge in [-0.15, -0.1) is 0 Å². The van der Waals surface area contributed by atoms with E-state index in [4.69, 9.17) is 4.74 Å². The van der Waals surface area contributed by atoms with Crippen molar-refractivity contribution in [2.45, 2.75) is 29.1 Å². The van der Waals surface area contributed by atoms with E-state index in [9.17, 15) is 0 Å². The summed E-state index contributed by atoms with van der Waals surface area (Å²) < 4.78 is 5.93. The Morgan fingerprint density at radius 1 is 1.21 bits per heavy atom. The summed E-state index contributed by atoms with van der Waals surface area (Å²) in [5, 5.41) is 0. The first-order valence-electron chi connectivity index (χ1n) is 4.58. The zero-order valence-corrected chi connectivity index (χ0v) is 11.3. The summed E-state index contributed by atoms with van der Waals surface area (Å²) in [6.07, 6.45) is 0. The van der Waals surface area contributed by atoms with Gasteiger partial charge in [0, 0.05) is 5.56 Å². The molecule has 0 radical (unpaired) electrons. The number of benzene rings is 1. The fourth-order valence-electron chi connectivity index (χ4n) is 1.65. The summed E-state index contributed by atoms with van der Waals surface area (Å²) >= 11 is 7.37. The Kier molecular flexibility index (Phi) is 2.64. The molecule has 1 aliphatic rings. The highest BCUT2D eigenvalue weighted by Crippen LogP contribution is 2.47. The van der Waals surface area contributed by atoms with Gasteiger partial charge in [-0.2, -0.15) is 0 Å². The van der Waals surface area contributed by atoms with Crippen LogP contribution in [0.2, 0.25) is 0 Å². The Bertz CT molecular complexity index is 349. The first-order chi connectivity index (χ1) is 6.52. The largest absolute Gasteiger partial charge is 0.486 e. The van der Waals surface area contributed by atoms with Crippen molar-refractivity contribution in [1.82, 2.24) is 0 Å². The molecular formula is C11H12Br2O. The summed E-state index contributed by atoms with van der Waals surface area (Å²) in [5.74, 6) is 0.982. The first kappa shape index (κ1) is 10.5. The van der Waals surface area contributed by atoms with Gasteiger partial charge in [-0.3, -0.25) is 0 Å². The van der Waals surface area contributed by atoms with E-state index in [0.717, 1.165) is 5.75 Å². The zero-order valence-electron chi connectivity index (χ0n) is 8.13. The number of rotatable bonds is 0. The SMILES string of the molecule is CC1(C)Oc2ccccc2C(Br)C1Br. The van der Waals surface area contributed by atoms with Crippen molar-refractivity contribution in [3.63, 3.8) is 0 Å². The predicted octanol–water partition coefficient (Wildman–Crippen LogP) is 4.06. The van der Waals surface area contributed by atoms with Crippen molar-refractivity contribution in [1.29, 1.82) is 0 Å². The van der Waals surface area contributed by atoms with Crippen LogP contribution in [-0.4, -0.2) is 10.4 Å². The summed E-state index contributed by atoms with van der Waals surface area (Å²) in [6.45, 7) is 4.19. The average molecular weight is 320 g/mol. The van der Waals surface area contributed by atoms with Crippen LogP contribution in [0.15, 0.2) is 24.3 Å². The second kappa shape index (κ2) is 3.53. The van der Waals surface area contributed by atoms with Crippen molar-refractivity contribution >= 4 is 31.9 Å². The van der Waals surface area contributed by atoms with E-state index in [1.165, 1.54) is 5.56 Å². The molecule has 0 bridgehead atoms. The van der Waals surface area contributed by atoms with Crippen molar-refractivity contribution in [2.75, 3.05) is 0 Å². The van der Waals surface area contributed by atoms with Crippen molar-refractivity contribution in [3.05, 3.63) is 29.8 Å². The lowest BCUT2D eigenvalue weighted by molar-refractivity contribution is 0.0931. The van der Waals surface area contributed by atoms with Crippen LogP contribution < -0.4 is 4.74 Å². The molecule has 0 aliphatic carbocycles. The maximum atomic E-state index is 5.93. The van der Waals surface area contributed by atoms with Crippen molar-refractivity contribution in [3.8, 4) is 5.75 Å². The molecule has 2 unspecified atom stereocenters. The van der Waals surface area contributed by atoms with Crippen molar-refractivity contribution in [2.24, 2.45) is 0 Å². The van der Waals surface area contributed by atoms with Gasteiger partial charge in [-0.25, -0.2) is 0 Å². The van der Waals surface area contributed by atoms with E-state index in [1.54, 1.807) is 0 Å². The van der Waals surface area contributed by atoms with Crippen LogP contribution in [0.1, 0.15) is 24.2 Å². The van der Waals surface area contributed by atoms with E-state index in [2.05, 4.69) is 51.8 Å². The Labute approximate surface area is 101 Å². The molecule has 0 aromatic heterocycles. The number of fused-ring (bicyclic) bond motifs is 1. The van der Waals surface area contributed by atoms with Gasteiger partial charge < -0.3 is 4.74 Å². The number of ether oxygens (including phenoxy) is 1. The average Bonchev–Trinajstić information content (AvgIpc) is 2.14. The van der Waals surface area contributed by atoms with Crippen LogP contribution in [0.25, 0.3) is 0 Å². The molecule has 2 rings (SSSR count). The fraction of sp³-hybridized carbons (Fsp3) is 0.455. The van der Waals surface area contributed by atoms with E-state index < -0.39 is 0 Å². The smallest absolute Gasteiger partial charge is 0.124 e. The lowest BCUT2D eigenvalue weighted by Crippen LogP contribution is -2.43. The second-order valence-corrected chi connectivity index (χ2v) is 6.02. The third kappa shape index (κ3) is 1.61. The van der Waals surface area contributed by atoms with Crippen LogP contribution in [0, 0.1) is 0 Å². The maximum absolute atomic E-state index is 5.93. The predicted molar refractivity (Wildman–Crippen MR) is 65.5 cm³/mol. The van der Waals surface area contributed by atoms with Gasteiger partial charge in [0.1, 0.15) is 11.4 Å². The monoisotopic (exact) mass is 318 g/mol. The van der Waals surface area contributed by atoms with Gasteiger partial charge in [0.2, 0.25) is 0 Å². The van der Waals surface area contributed by atoms with Crippen LogP contribution >= 0.6 is 31.9 Å². The molecule has 1 aromatic rings. The molecule has 0 amide bonds. The molecular weight excluding hydrogens is 308 g/mol. The zero-order chi connectivity index (χ0) is 10.3. The molecule has 1 aromatic carbocycles. The Hall–Kier alpha value is -0.0200. The summed E-state index contributed by atoms with van der Waals surface area (Å²) in [7, 11) is 0. The van der Waals surface area contributed by atoms with Crippen LogP contribution in [0.4, 0.5) is 0 Å². The molecule has 2 atom stereocenters. The normalized spacial score (nSPS) is 29.1. The lowest BCUT2D eigenvalue weighted by Gasteiger charge is -2.40. The standard InChI is InChI=1S/C11H12Br2O/c1-11(2)10(13)9(12)7-5-3-4-6-8(7)14-11/h3-6,9-10H,1-2H3. The van der Waals surface area contributed by atoms with Gasteiger partial charge in [0.05, 0.1) is 9.65 Å². The third-order valence-corrected chi connectivity index (χ3v) is 5.87. The van der Waals surface area contributed by atoms with Crippen LogP contribution in [0.3, 0.4) is 0 Å². The molecule has 0 N–H and O–H groups in total. The molecule has 14 heavy (non-hydrogen) atoms. The number of hydrogen-bond donors (Lipinski definition) is 0. The lowest BCUT2D eigenvalue weighted by atomic mass is 9.94. The summed E-state index contributed by atoms with van der Waals surface area (Å²) in [5.41, 5.74) is 1.04. The minimum atomic E-state index is -0.178. The highest BCUT2D eigenvalue weighted by atomic mass is 79.9. The fourth-order valence-corrected chi connectivity index (χ4v) is 3.04. The number of halogens is 2. The topological polar surface area (TPSA) is 9.23 Å². The molecule has 1 nitrogen and oxygen atoms in total. The maximum Gasteiger partial charge on any atom is 0.124 e. The van der Waals surface area contributed by atoms with Gasteiger partial charge >= 0.3 is 0 Å². The molecule has 0 saturated carbocycles. The highest BCUT2D eigenvalue weighted by Gasteiger charge is 2.40. The number of alkyl halides is 2. The van der Waals surface area contributed by atoms with Crippen LogP contribution in [0.5, 0.6) is 5.75 Å². The molecule has 3 heteroatoms. The summed E-state index contributed by atoms with van der Waals surface area (Å²) in [6, 6.07) is 8.15. The minimum Gasteiger partial charge on any atom is -0.486 e. The number of para-hydroxylation sites is 1. The third-order valence-electron chi connectivity index (χ3n) is 2.51. The van der Waals surface area contributed by atoms with E-state index >= 15 is 0 Å². The van der Waals surface area contributed by atoms with Gasteiger partial charge in [0.15, 0.2) is 0 Å². The molecule has 0 saturated heterocycles. The second-order valence-electron chi connectivity index (χ2n) is 4.05. The van der Waals surface area contributed by atoms with E-state index in [-0.39, 0.29) is 10.4 Å². The van der Waals surface area contributed by atoms with E-state index in [0.29, 0.717) is 4.83 Å². The molecule has 0 fully saturated rings. The minimum absolute atomic E-state index is 0.178. The van der Waals surface area contributed by atoms with Crippen molar-refractivity contribution < 1.29 is 4.74 Å².